The van der Waals surface area contributed by atoms with Crippen molar-refractivity contribution < 1.29 is 0 Å². The fourth-order valence-electron chi connectivity index (χ4n) is 3.93. The maximum absolute atomic E-state index is 3.88. The van der Waals surface area contributed by atoms with Crippen LogP contribution in [0, 0.1) is 17.8 Å². The average molecular weight is 251 g/mol. The fourth-order valence-corrected chi connectivity index (χ4v) is 3.93. The van der Waals surface area contributed by atoms with Crippen LogP contribution in [0.5, 0.6) is 0 Å². The molecule has 0 aromatic carbocycles. The minimum Gasteiger partial charge on any atom is -0.314 e. The van der Waals surface area contributed by atoms with Crippen LogP contribution >= 0.6 is 0 Å². The van der Waals surface area contributed by atoms with E-state index >= 15 is 0 Å². The molecule has 2 saturated carbocycles. The zero-order valence-corrected chi connectivity index (χ0v) is 12.6. The lowest BCUT2D eigenvalue weighted by atomic mass is 9.72. The second-order valence-electron chi connectivity index (χ2n) is 6.79. The number of hydrogen-bond acceptors (Lipinski definition) is 1. The van der Waals surface area contributed by atoms with Crippen molar-refractivity contribution in [2.75, 3.05) is 6.54 Å². The van der Waals surface area contributed by atoms with Crippen LogP contribution in [0.2, 0.25) is 0 Å². The summed E-state index contributed by atoms with van der Waals surface area (Å²) in [6.45, 7) is 5.90. The monoisotopic (exact) mass is 251 g/mol. The van der Waals surface area contributed by atoms with Gasteiger partial charge in [-0.15, -0.1) is 0 Å². The van der Waals surface area contributed by atoms with Crippen molar-refractivity contribution >= 4 is 0 Å². The molecule has 106 valence electrons. The second kappa shape index (κ2) is 7.53. The molecule has 1 heteroatoms. The lowest BCUT2D eigenvalue weighted by Crippen LogP contribution is -2.41. The quantitative estimate of drug-likeness (QED) is 0.688. The van der Waals surface area contributed by atoms with Gasteiger partial charge in [-0.1, -0.05) is 52.4 Å². The van der Waals surface area contributed by atoms with Crippen LogP contribution in [0.25, 0.3) is 0 Å². The van der Waals surface area contributed by atoms with E-state index in [2.05, 4.69) is 19.2 Å². The first-order valence-electron chi connectivity index (χ1n) is 8.56. The molecule has 0 amide bonds. The van der Waals surface area contributed by atoms with Crippen LogP contribution in [-0.4, -0.2) is 12.6 Å². The zero-order chi connectivity index (χ0) is 12.8. The summed E-state index contributed by atoms with van der Waals surface area (Å²) in [5.74, 6) is 3.06. The molecular formula is C17H33N. The predicted octanol–water partition coefficient (Wildman–Crippen LogP) is 4.76. The lowest BCUT2D eigenvalue weighted by molar-refractivity contribution is 0.165. The summed E-state index contributed by atoms with van der Waals surface area (Å²) < 4.78 is 0. The molecule has 1 N–H and O–H groups in total. The Bertz CT molecular complexity index is 222. The molecule has 2 aliphatic carbocycles. The standard InChI is InChI=1S/C17H33N/c1-3-11-18-17(13-15-8-5-9-15)16-10-6-7-14(4-2)12-16/h14-18H,3-13H2,1-2H3. The first-order chi connectivity index (χ1) is 8.83. The Balaban J connectivity index is 1.84. The highest BCUT2D eigenvalue weighted by Crippen LogP contribution is 2.38. The van der Waals surface area contributed by atoms with E-state index in [1.807, 2.05) is 0 Å². The van der Waals surface area contributed by atoms with E-state index in [9.17, 15) is 0 Å². The first-order valence-corrected chi connectivity index (χ1v) is 8.56. The van der Waals surface area contributed by atoms with Gasteiger partial charge in [0, 0.05) is 6.04 Å². The topological polar surface area (TPSA) is 12.0 Å². The Morgan fingerprint density at radius 2 is 1.72 bits per heavy atom. The molecule has 3 unspecified atom stereocenters. The molecule has 2 fully saturated rings. The van der Waals surface area contributed by atoms with Gasteiger partial charge in [-0.05, 0) is 50.0 Å². The van der Waals surface area contributed by atoms with Gasteiger partial charge in [-0.2, -0.15) is 0 Å². The van der Waals surface area contributed by atoms with E-state index in [1.165, 1.54) is 70.8 Å². The average Bonchev–Trinajstić information content (AvgIpc) is 2.37. The van der Waals surface area contributed by atoms with E-state index in [0.717, 1.165) is 23.8 Å². The van der Waals surface area contributed by atoms with Gasteiger partial charge in [-0.3, -0.25) is 0 Å². The Morgan fingerprint density at radius 1 is 1.00 bits per heavy atom. The lowest BCUT2D eigenvalue weighted by Gasteiger charge is -2.38. The molecule has 18 heavy (non-hydrogen) atoms. The molecule has 2 rings (SSSR count). The molecule has 3 atom stereocenters. The van der Waals surface area contributed by atoms with Crippen LogP contribution in [-0.2, 0) is 0 Å². The van der Waals surface area contributed by atoms with Crippen molar-refractivity contribution in [3.63, 3.8) is 0 Å². The van der Waals surface area contributed by atoms with Crippen LogP contribution in [0.1, 0.15) is 78.1 Å². The summed E-state index contributed by atoms with van der Waals surface area (Å²) in [6, 6.07) is 0.838. The van der Waals surface area contributed by atoms with Crippen LogP contribution < -0.4 is 5.32 Å². The highest BCUT2D eigenvalue weighted by Gasteiger charge is 2.30. The SMILES string of the molecule is CCCNC(CC1CCC1)C1CCCC(CC)C1. The Kier molecular flexibility index (Phi) is 6.01. The van der Waals surface area contributed by atoms with E-state index in [1.54, 1.807) is 0 Å². The molecule has 0 aromatic heterocycles. The Labute approximate surface area is 114 Å². The van der Waals surface area contributed by atoms with Gasteiger partial charge in [0.2, 0.25) is 0 Å². The van der Waals surface area contributed by atoms with Crippen molar-refractivity contribution in [1.29, 1.82) is 0 Å². The molecule has 0 bridgehead atoms. The molecule has 1 nitrogen and oxygen atoms in total. The summed E-state index contributed by atoms with van der Waals surface area (Å²) in [6.07, 6.45) is 14.6. The molecule has 0 heterocycles. The van der Waals surface area contributed by atoms with Gasteiger partial charge in [0.1, 0.15) is 0 Å². The minimum absolute atomic E-state index is 0.838. The number of rotatable bonds is 7. The predicted molar refractivity (Wildman–Crippen MR) is 79.8 cm³/mol. The van der Waals surface area contributed by atoms with Gasteiger partial charge in [0.15, 0.2) is 0 Å². The third kappa shape index (κ3) is 3.98. The smallest absolute Gasteiger partial charge is 0.00980 e. The number of nitrogens with one attached hydrogen (secondary N) is 1. The summed E-state index contributed by atoms with van der Waals surface area (Å²) >= 11 is 0. The van der Waals surface area contributed by atoms with Crippen molar-refractivity contribution in [2.24, 2.45) is 17.8 Å². The third-order valence-corrected chi connectivity index (χ3v) is 5.44. The molecule has 2 aliphatic rings. The number of hydrogen-bond donors (Lipinski definition) is 1. The van der Waals surface area contributed by atoms with Crippen molar-refractivity contribution in [1.82, 2.24) is 5.32 Å². The molecule has 0 radical (unpaired) electrons. The van der Waals surface area contributed by atoms with E-state index < -0.39 is 0 Å². The van der Waals surface area contributed by atoms with Crippen molar-refractivity contribution in [2.45, 2.75) is 84.1 Å². The van der Waals surface area contributed by atoms with Crippen molar-refractivity contribution in [3.8, 4) is 0 Å². The van der Waals surface area contributed by atoms with Crippen molar-refractivity contribution in [3.05, 3.63) is 0 Å². The highest BCUT2D eigenvalue weighted by atomic mass is 14.9. The van der Waals surface area contributed by atoms with Gasteiger partial charge in [0.05, 0.1) is 0 Å². The molecule has 0 aromatic rings. The summed E-state index contributed by atoms with van der Waals surface area (Å²) in [4.78, 5) is 0. The highest BCUT2D eigenvalue weighted by molar-refractivity contribution is 4.85. The third-order valence-electron chi connectivity index (χ3n) is 5.44. The Hall–Kier alpha value is -0.0400. The van der Waals surface area contributed by atoms with E-state index in [0.29, 0.717) is 0 Å². The molecule has 0 saturated heterocycles. The Morgan fingerprint density at radius 3 is 2.33 bits per heavy atom. The first kappa shape index (κ1) is 14.4. The van der Waals surface area contributed by atoms with Gasteiger partial charge in [-0.25, -0.2) is 0 Å². The molecule has 0 aliphatic heterocycles. The second-order valence-corrected chi connectivity index (χ2v) is 6.79. The normalized spacial score (nSPS) is 31.0. The van der Waals surface area contributed by atoms with E-state index in [-0.39, 0.29) is 0 Å². The fraction of sp³-hybridized carbons (Fsp3) is 1.00. The summed E-state index contributed by atoms with van der Waals surface area (Å²) in [7, 11) is 0. The molecule has 0 spiro atoms. The van der Waals surface area contributed by atoms with Gasteiger partial charge < -0.3 is 5.32 Å². The minimum atomic E-state index is 0.838. The summed E-state index contributed by atoms with van der Waals surface area (Å²) in [5, 5.41) is 3.88. The largest absolute Gasteiger partial charge is 0.314 e. The van der Waals surface area contributed by atoms with Gasteiger partial charge in [0.25, 0.3) is 0 Å². The van der Waals surface area contributed by atoms with Gasteiger partial charge >= 0.3 is 0 Å². The maximum atomic E-state index is 3.88. The van der Waals surface area contributed by atoms with Crippen LogP contribution in [0.15, 0.2) is 0 Å². The van der Waals surface area contributed by atoms with E-state index in [4.69, 9.17) is 0 Å². The zero-order valence-electron chi connectivity index (χ0n) is 12.6. The maximum Gasteiger partial charge on any atom is 0.00980 e. The molecular weight excluding hydrogens is 218 g/mol. The summed E-state index contributed by atoms with van der Waals surface area (Å²) in [5.41, 5.74) is 0. The van der Waals surface area contributed by atoms with Crippen LogP contribution in [0.3, 0.4) is 0 Å². The van der Waals surface area contributed by atoms with Crippen LogP contribution in [0.4, 0.5) is 0 Å².